The number of hydrogen-bond acceptors (Lipinski definition) is 3. The molecule has 2 aromatic heterocycles. The first-order valence-electron chi connectivity index (χ1n) is 21.3. The Balaban J connectivity index is 1.13. The zero-order chi connectivity index (χ0) is 40.5. The molecule has 0 N–H and O–H groups in total. The molecule has 3 aliphatic carbocycles. The van der Waals surface area contributed by atoms with Crippen molar-refractivity contribution in [3.8, 4) is 28.5 Å². The summed E-state index contributed by atoms with van der Waals surface area (Å²) >= 11 is 0. The summed E-state index contributed by atoms with van der Waals surface area (Å²) in [6.45, 7) is 0. The molecule has 0 radical (unpaired) electrons. The summed E-state index contributed by atoms with van der Waals surface area (Å²) in [6, 6.07) is 67.9. The van der Waals surface area contributed by atoms with Crippen LogP contribution in [0.15, 0.2) is 206 Å². The molecule has 0 unspecified atom stereocenters. The fourth-order valence-corrected chi connectivity index (χ4v) is 11.0. The van der Waals surface area contributed by atoms with Gasteiger partial charge in [-0.25, -0.2) is 4.98 Å². The van der Waals surface area contributed by atoms with Crippen LogP contribution >= 0.6 is 0 Å². The van der Waals surface area contributed by atoms with Crippen LogP contribution in [-0.4, -0.2) is 19.5 Å². The Morgan fingerprint density at radius 3 is 1.53 bits per heavy atom. The van der Waals surface area contributed by atoms with E-state index >= 15 is 0 Å². The number of hydrogen-bond donors (Lipinski definition) is 0. The molecule has 0 fully saturated rings. The third-order valence-electron chi connectivity index (χ3n) is 13.6. The summed E-state index contributed by atoms with van der Waals surface area (Å²) < 4.78 is 2.20. The molecule has 11 aromatic rings. The molecule has 1 spiro atoms. The number of rotatable bonds is 3. The van der Waals surface area contributed by atoms with Crippen LogP contribution in [0.25, 0.3) is 99.8 Å². The number of benzene rings is 9. The van der Waals surface area contributed by atoms with Gasteiger partial charge in [0, 0.05) is 21.9 Å². The molecule has 14 rings (SSSR count). The Bertz CT molecular complexity index is 3880. The van der Waals surface area contributed by atoms with E-state index in [-0.39, 0.29) is 0 Å². The minimum Gasteiger partial charge on any atom is -0.278 e. The van der Waals surface area contributed by atoms with Gasteiger partial charge >= 0.3 is 0 Å². The zero-order valence-electron chi connectivity index (χ0n) is 33.4. The van der Waals surface area contributed by atoms with E-state index in [1.165, 1.54) is 70.6 Å². The van der Waals surface area contributed by atoms with Crippen LogP contribution in [0.1, 0.15) is 17.0 Å². The van der Waals surface area contributed by atoms with Gasteiger partial charge in [0.05, 0.1) is 16.4 Å². The van der Waals surface area contributed by atoms with Gasteiger partial charge in [-0.05, 0) is 106 Å². The standard InChI is InChI=1S/C58H34N4/c1-2-16-35(17-3-1)55-59-56(61-57(60-55)62-52-28-14-10-24-43(52)44-25-11-15-29-53(44)62)45-30-31-58(50-26-12-8-22-41(50)42-23-9-13-27-51(42)58)54-46-34-48-40-21-7-5-19-38(40)37-18-4-6-20-39(37)47(48)32-36(46)33-49(45)54/h1-34H. The van der Waals surface area contributed by atoms with Crippen LogP contribution in [0.3, 0.4) is 0 Å². The molecule has 0 bridgehead atoms. The van der Waals surface area contributed by atoms with E-state index in [2.05, 4.69) is 193 Å². The molecular weight excluding hydrogens is 753 g/mol. The molecule has 62 heavy (non-hydrogen) atoms. The topological polar surface area (TPSA) is 43.6 Å². The number of aromatic nitrogens is 4. The van der Waals surface area contributed by atoms with E-state index in [1.807, 2.05) is 18.2 Å². The highest BCUT2D eigenvalue weighted by Crippen LogP contribution is 2.58. The van der Waals surface area contributed by atoms with Gasteiger partial charge in [0.1, 0.15) is 0 Å². The van der Waals surface area contributed by atoms with Crippen LogP contribution in [0.5, 0.6) is 0 Å². The lowest BCUT2D eigenvalue weighted by molar-refractivity contribution is 0.858. The van der Waals surface area contributed by atoms with Crippen LogP contribution in [0, 0.1) is 0 Å². The second-order valence-electron chi connectivity index (χ2n) is 16.7. The molecule has 4 nitrogen and oxygen atoms in total. The van der Waals surface area contributed by atoms with Crippen LogP contribution in [0.4, 0.5) is 0 Å². The van der Waals surface area contributed by atoms with E-state index in [1.54, 1.807) is 0 Å². The highest BCUT2D eigenvalue weighted by Gasteiger charge is 2.48. The quantitative estimate of drug-likeness (QED) is 0.168. The summed E-state index contributed by atoms with van der Waals surface area (Å²) in [6.07, 6.45) is 7.14. The average Bonchev–Trinajstić information content (AvgIpc) is 3.98. The molecule has 0 saturated heterocycles. The molecule has 9 aromatic carbocycles. The Morgan fingerprint density at radius 2 is 0.903 bits per heavy atom. The highest BCUT2D eigenvalue weighted by atomic mass is 15.2. The molecule has 3 aliphatic rings. The van der Waals surface area contributed by atoms with Gasteiger partial charge < -0.3 is 0 Å². The molecular formula is C58H34N4. The van der Waals surface area contributed by atoms with Gasteiger partial charge in [-0.2, -0.15) is 9.97 Å². The zero-order valence-corrected chi connectivity index (χ0v) is 33.4. The third kappa shape index (κ3) is 4.42. The molecule has 0 amide bonds. The minimum atomic E-state index is -0.543. The lowest BCUT2D eigenvalue weighted by Gasteiger charge is -2.35. The summed E-state index contributed by atoms with van der Waals surface area (Å²) in [7, 11) is 0. The maximum Gasteiger partial charge on any atom is 0.238 e. The van der Waals surface area contributed by atoms with E-state index < -0.39 is 5.41 Å². The Kier molecular flexibility index (Phi) is 6.73. The number of nitrogens with zero attached hydrogens (tertiary/aromatic N) is 4. The van der Waals surface area contributed by atoms with Crippen molar-refractivity contribution in [1.82, 2.24) is 19.5 Å². The number of allylic oxidation sites excluding steroid dienone is 4. The van der Waals surface area contributed by atoms with Gasteiger partial charge in [-0.1, -0.05) is 176 Å². The summed E-state index contributed by atoms with van der Waals surface area (Å²) in [5, 5.41) is 12.3. The second-order valence-corrected chi connectivity index (χ2v) is 16.7. The predicted octanol–water partition coefficient (Wildman–Crippen LogP) is 12.0. The SMILES string of the molecule is C1=CC2(C3=c4cc5c6ccccc6c6ccccc6c5cc4=CC3=C1c1nc(-c3ccccc3)nc(-n3c4ccccc4c4ccccc43)n1)c1ccccc1-c1ccccc12. The molecule has 0 atom stereocenters. The highest BCUT2D eigenvalue weighted by molar-refractivity contribution is 6.25. The molecule has 0 saturated carbocycles. The van der Waals surface area contributed by atoms with Crippen molar-refractivity contribution in [2.24, 2.45) is 0 Å². The lowest BCUT2D eigenvalue weighted by atomic mass is 9.66. The van der Waals surface area contributed by atoms with Crippen molar-refractivity contribution in [3.05, 3.63) is 233 Å². The molecule has 286 valence electrons. The number of fused-ring (bicyclic) bond motifs is 17. The predicted molar refractivity (Wildman–Crippen MR) is 254 cm³/mol. The molecule has 2 heterocycles. The molecule has 0 aliphatic heterocycles. The van der Waals surface area contributed by atoms with Crippen LogP contribution < -0.4 is 10.4 Å². The number of para-hydroxylation sites is 2. The first-order valence-corrected chi connectivity index (χ1v) is 21.3. The van der Waals surface area contributed by atoms with Crippen molar-refractivity contribution in [2.45, 2.75) is 5.41 Å². The Morgan fingerprint density at radius 1 is 0.403 bits per heavy atom. The first-order chi connectivity index (χ1) is 30.7. The Hall–Kier alpha value is -8.21. The summed E-state index contributed by atoms with van der Waals surface area (Å²) in [5.74, 6) is 1.86. The average molecular weight is 787 g/mol. The smallest absolute Gasteiger partial charge is 0.238 e. The van der Waals surface area contributed by atoms with E-state index in [0.29, 0.717) is 17.6 Å². The second kappa shape index (κ2) is 12.4. The van der Waals surface area contributed by atoms with E-state index in [0.717, 1.165) is 38.5 Å². The van der Waals surface area contributed by atoms with E-state index in [4.69, 9.17) is 15.0 Å². The van der Waals surface area contributed by atoms with Crippen molar-refractivity contribution in [3.63, 3.8) is 0 Å². The summed E-state index contributed by atoms with van der Waals surface area (Å²) in [4.78, 5) is 16.1. The van der Waals surface area contributed by atoms with Crippen molar-refractivity contribution >= 4 is 71.3 Å². The fraction of sp³-hybridized carbons (Fsp3) is 0.0172. The minimum absolute atomic E-state index is 0.543. The van der Waals surface area contributed by atoms with Gasteiger partial charge in [0.25, 0.3) is 0 Å². The molecule has 4 heteroatoms. The third-order valence-corrected chi connectivity index (χ3v) is 13.6. The largest absolute Gasteiger partial charge is 0.278 e. The summed E-state index contributed by atoms with van der Waals surface area (Å²) in [5.41, 5.74) is 11.0. The first kappa shape index (κ1) is 33.6. The van der Waals surface area contributed by atoms with Crippen molar-refractivity contribution in [2.75, 3.05) is 0 Å². The maximum absolute atomic E-state index is 5.49. The van der Waals surface area contributed by atoms with Gasteiger partial charge in [-0.3, -0.25) is 4.57 Å². The van der Waals surface area contributed by atoms with Crippen molar-refractivity contribution < 1.29 is 0 Å². The van der Waals surface area contributed by atoms with Gasteiger partial charge in [-0.15, -0.1) is 0 Å². The van der Waals surface area contributed by atoms with Gasteiger partial charge in [0.15, 0.2) is 11.6 Å². The normalized spacial score (nSPS) is 14.5. The van der Waals surface area contributed by atoms with Crippen LogP contribution in [-0.2, 0) is 5.41 Å². The van der Waals surface area contributed by atoms with Crippen LogP contribution in [0.2, 0.25) is 0 Å². The Labute approximate surface area is 356 Å². The monoisotopic (exact) mass is 786 g/mol. The fourth-order valence-electron chi connectivity index (χ4n) is 11.0. The van der Waals surface area contributed by atoms with Crippen molar-refractivity contribution in [1.29, 1.82) is 0 Å². The van der Waals surface area contributed by atoms with Gasteiger partial charge in [0.2, 0.25) is 5.95 Å². The van der Waals surface area contributed by atoms with E-state index in [9.17, 15) is 0 Å². The maximum atomic E-state index is 5.49. The lowest BCUT2D eigenvalue weighted by Crippen LogP contribution is -2.34.